The van der Waals surface area contributed by atoms with Crippen LogP contribution in [0.1, 0.15) is 22.8 Å². The van der Waals surface area contributed by atoms with E-state index in [1.165, 1.54) is 0 Å². The van der Waals surface area contributed by atoms with Crippen molar-refractivity contribution in [3.63, 3.8) is 0 Å². The molecule has 0 aliphatic carbocycles. The molecule has 100 valence electrons. The molecule has 0 heterocycles. The lowest BCUT2D eigenvalue weighted by Gasteiger charge is -2.22. The number of ketones is 1. The molecule has 0 bridgehead atoms. The number of hydrogen-bond acceptors (Lipinski definition) is 1. The Morgan fingerprint density at radius 1 is 1.00 bits per heavy atom. The number of hydrogen-bond donors (Lipinski definition) is 0. The zero-order chi connectivity index (χ0) is 14.4. The molecule has 0 fully saturated rings. The van der Waals surface area contributed by atoms with Crippen LogP contribution in [0.15, 0.2) is 85.5 Å². The van der Waals surface area contributed by atoms with Crippen LogP contribution in [0.2, 0.25) is 0 Å². The monoisotopic (exact) mass is 262 g/mol. The number of carbonyl (C=O) groups is 1. The Bertz CT molecular complexity index is 611. The molecule has 20 heavy (non-hydrogen) atoms. The van der Waals surface area contributed by atoms with Crippen LogP contribution in [0.5, 0.6) is 0 Å². The van der Waals surface area contributed by atoms with E-state index in [1.54, 1.807) is 6.08 Å². The second-order valence-corrected chi connectivity index (χ2v) is 4.92. The molecule has 0 saturated heterocycles. The quantitative estimate of drug-likeness (QED) is 0.438. The standard InChI is InChI=1S/C19H18O/c1-3-19(2,17-12-8-5-9-13-17)15-14-18(20)16-10-6-4-7-11-16/h3-15H,1H2,2H3/b15-14-. The maximum atomic E-state index is 12.1. The summed E-state index contributed by atoms with van der Waals surface area (Å²) >= 11 is 0. The molecular formula is C19H18O. The van der Waals surface area contributed by atoms with Gasteiger partial charge in [0.15, 0.2) is 5.78 Å². The molecule has 1 unspecified atom stereocenters. The van der Waals surface area contributed by atoms with Gasteiger partial charge in [-0.1, -0.05) is 72.8 Å². The summed E-state index contributed by atoms with van der Waals surface area (Å²) in [5, 5.41) is 0. The van der Waals surface area contributed by atoms with Crippen molar-refractivity contribution in [3.8, 4) is 0 Å². The fraction of sp³-hybridized carbons (Fsp3) is 0.105. The molecule has 1 heteroatoms. The Kier molecular flexibility index (Phi) is 4.31. The number of carbonyl (C=O) groups excluding carboxylic acids is 1. The van der Waals surface area contributed by atoms with Crippen LogP contribution >= 0.6 is 0 Å². The molecule has 0 spiro atoms. The van der Waals surface area contributed by atoms with Crippen LogP contribution in [0.3, 0.4) is 0 Å². The van der Waals surface area contributed by atoms with Gasteiger partial charge in [0, 0.05) is 11.0 Å². The minimum Gasteiger partial charge on any atom is -0.289 e. The van der Waals surface area contributed by atoms with Crippen LogP contribution in [-0.4, -0.2) is 5.78 Å². The summed E-state index contributed by atoms with van der Waals surface area (Å²) < 4.78 is 0. The smallest absolute Gasteiger partial charge is 0.185 e. The van der Waals surface area contributed by atoms with Crippen molar-refractivity contribution < 1.29 is 4.79 Å². The van der Waals surface area contributed by atoms with Gasteiger partial charge < -0.3 is 0 Å². The van der Waals surface area contributed by atoms with E-state index < -0.39 is 0 Å². The van der Waals surface area contributed by atoms with Crippen molar-refractivity contribution in [3.05, 3.63) is 96.6 Å². The highest BCUT2D eigenvalue weighted by Gasteiger charge is 2.19. The van der Waals surface area contributed by atoms with Gasteiger partial charge in [0.05, 0.1) is 0 Å². The Labute approximate surface area is 120 Å². The van der Waals surface area contributed by atoms with Gasteiger partial charge in [0.25, 0.3) is 0 Å². The van der Waals surface area contributed by atoms with Gasteiger partial charge in [-0.3, -0.25) is 4.79 Å². The van der Waals surface area contributed by atoms with Crippen LogP contribution in [0, 0.1) is 0 Å². The molecule has 0 amide bonds. The van der Waals surface area contributed by atoms with Gasteiger partial charge in [-0.05, 0) is 18.6 Å². The maximum absolute atomic E-state index is 12.1. The van der Waals surface area contributed by atoms with E-state index in [4.69, 9.17) is 0 Å². The minimum atomic E-state index is -0.342. The highest BCUT2D eigenvalue weighted by atomic mass is 16.1. The molecule has 0 radical (unpaired) electrons. The topological polar surface area (TPSA) is 17.1 Å². The zero-order valence-corrected chi connectivity index (χ0v) is 11.6. The fourth-order valence-electron chi connectivity index (χ4n) is 2.03. The molecule has 1 nitrogen and oxygen atoms in total. The first-order valence-corrected chi connectivity index (χ1v) is 6.63. The molecule has 0 aromatic heterocycles. The van der Waals surface area contributed by atoms with E-state index in [0.717, 1.165) is 5.56 Å². The first kappa shape index (κ1) is 14.0. The first-order valence-electron chi connectivity index (χ1n) is 6.63. The van der Waals surface area contributed by atoms with E-state index in [-0.39, 0.29) is 11.2 Å². The Morgan fingerprint density at radius 2 is 1.55 bits per heavy atom. The lowest BCUT2D eigenvalue weighted by molar-refractivity contribution is 0.104. The Morgan fingerprint density at radius 3 is 2.10 bits per heavy atom. The van der Waals surface area contributed by atoms with Crippen molar-refractivity contribution in [2.45, 2.75) is 12.3 Å². The van der Waals surface area contributed by atoms with Crippen LogP contribution < -0.4 is 0 Å². The molecule has 0 N–H and O–H groups in total. The SMILES string of the molecule is C=CC(C)(/C=C\C(=O)c1ccccc1)c1ccccc1. The molecule has 2 aromatic rings. The molecular weight excluding hydrogens is 244 g/mol. The van der Waals surface area contributed by atoms with E-state index in [1.807, 2.05) is 79.7 Å². The third kappa shape index (κ3) is 3.12. The number of allylic oxidation sites excluding steroid dienone is 3. The summed E-state index contributed by atoms with van der Waals surface area (Å²) in [6, 6.07) is 19.3. The summed E-state index contributed by atoms with van der Waals surface area (Å²) in [5.41, 5.74) is 1.47. The number of rotatable bonds is 5. The largest absolute Gasteiger partial charge is 0.289 e. The van der Waals surface area contributed by atoms with Crippen LogP contribution in [0.25, 0.3) is 0 Å². The van der Waals surface area contributed by atoms with Crippen molar-refractivity contribution >= 4 is 5.78 Å². The highest BCUT2D eigenvalue weighted by molar-refractivity contribution is 6.04. The van der Waals surface area contributed by atoms with Gasteiger partial charge in [0.2, 0.25) is 0 Å². The molecule has 0 aliphatic rings. The Balaban J connectivity index is 2.24. The molecule has 0 saturated carbocycles. The third-order valence-electron chi connectivity index (χ3n) is 3.46. The molecule has 2 aromatic carbocycles. The van der Waals surface area contributed by atoms with Crippen molar-refractivity contribution in [1.29, 1.82) is 0 Å². The van der Waals surface area contributed by atoms with Gasteiger partial charge >= 0.3 is 0 Å². The predicted octanol–water partition coefficient (Wildman–Crippen LogP) is 4.57. The van der Waals surface area contributed by atoms with Crippen LogP contribution in [0.4, 0.5) is 0 Å². The van der Waals surface area contributed by atoms with Gasteiger partial charge in [-0.15, -0.1) is 6.58 Å². The van der Waals surface area contributed by atoms with Crippen molar-refractivity contribution in [1.82, 2.24) is 0 Å². The molecule has 0 aliphatic heterocycles. The molecule has 2 rings (SSSR count). The highest BCUT2D eigenvalue weighted by Crippen LogP contribution is 2.26. The second-order valence-electron chi connectivity index (χ2n) is 4.92. The van der Waals surface area contributed by atoms with Gasteiger partial charge in [-0.25, -0.2) is 0 Å². The van der Waals surface area contributed by atoms with E-state index in [0.29, 0.717) is 5.56 Å². The maximum Gasteiger partial charge on any atom is 0.185 e. The fourth-order valence-corrected chi connectivity index (χ4v) is 2.03. The first-order chi connectivity index (χ1) is 9.65. The summed E-state index contributed by atoms with van der Waals surface area (Å²) in [7, 11) is 0. The normalized spacial score (nSPS) is 13.8. The lowest BCUT2D eigenvalue weighted by Crippen LogP contribution is -2.15. The third-order valence-corrected chi connectivity index (χ3v) is 3.46. The summed E-state index contributed by atoms with van der Waals surface area (Å²) in [6.07, 6.45) is 5.39. The van der Waals surface area contributed by atoms with Gasteiger partial charge in [0.1, 0.15) is 0 Å². The molecule has 1 atom stereocenters. The second kappa shape index (κ2) is 6.16. The average Bonchev–Trinajstić information content (AvgIpc) is 2.54. The summed E-state index contributed by atoms with van der Waals surface area (Å²) in [6.45, 7) is 5.94. The van der Waals surface area contributed by atoms with Crippen molar-refractivity contribution in [2.24, 2.45) is 0 Å². The lowest BCUT2D eigenvalue weighted by atomic mass is 9.82. The Hall–Kier alpha value is -2.41. The van der Waals surface area contributed by atoms with E-state index in [9.17, 15) is 4.79 Å². The van der Waals surface area contributed by atoms with Crippen molar-refractivity contribution in [2.75, 3.05) is 0 Å². The zero-order valence-electron chi connectivity index (χ0n) is 11.6. The van der Waals surface area contributed by atoms with E-state index >= 15 is 0 Å². The summed E-state index contributed by atoms with van der Waals surface area (Å²) in [4.78, 5) is 12.1. The van der Waals surface area contributed by atoms with Gasteiger partial charge in [-0.2, -0.15) is 0 Å². The van der Waals surface area contributed by atoms with Crippen LogP contribution in [-0.2, 0) is 5.41 Å². The van der Waals surface area contributed by atoms with E-state index in [2.05, 4.69) is 6.58 Å². The average molecular weight is 262 g/mol. The predicted molar refractivity (Wildman–Crippen MR) is 83.9 cm³/mol. The number of benzene rings is 2. The summed E-state index contributed by atoms with van der Waals surface area (Å²) in [5.74, 6) is 0.00889. The minimum absolute atomic E-state index is 0.00889.